The number of benzene rings is 2. The van der Waals surface area contributed by atoms with Crippen LogP contribution in [0, 0.1) is 11.7 Å². The number of esters is 1. The maximum atomic E-state index is 13.2. The van der Waals surface area contributed by atoms with Gasteiger partial charge < -0.3 is 4.74 Å². The number of thiazole rings is 1. The van der Waals surface area contributed by atoms with Crippen molar-refractivity contribution in [1.82, 2.24) is 4.98 Å². The molecule has 1 aliphatic rings. The van der Waals surface area contributed by atoms with E-state index in [0.29, 0.717) is 5.13 Å². The number of hydrogen-bond donors (Lipinski definition) is 0. The summed E-state index contributed by atoms with van der Waals surface area (Å²) < 4.78 is 18.6. The van der Waals surface area contributed by atoms with Crippen molar-refractivity contribution in [1.29, 1.82) is 0 Å². The minimum absolute atomic E-state index is 0.0303. The van der Waals surface area contributed by atoms with Crippen LogP contribution in [0.25, 0.3) is 11.3 Å². The number of ketones is 1. The second-order valence-corrected chi connectivity index (χ2v) is 8.78. The molecule has 3 aromatic rings. The molecule has 170 valence electrons. The van der Waals surface area contributed by atoms with Gasteiger partial charge in [0, 0.05) is 41.8 Å². The summed E-state index contributed by atoms with van der Waals surface area (Å²) in [6.45, 7) is 0.123. The van der Waals surface area contributed by atoms with E-state index in [1.165, 1.54) is 28.4 Å². The van der Waals surface area contributed by atoms with E-state index in [0.717, 1.165) is 23.4 Å². The van der Waals surface area contributed by atoms with Crippen LogP contribution in [0.3, 0.4) is 0 Å². The van der Waals surface area contributed by atoms with Crippen LogP contribution >= 0.6 is 22.9 Å². The number of rotatable bonds is 8. The molecule has 33 heavy (non-hydrogen) atoms. The second-order valence-electron chi connectivity index (χ2n) is 7.56. The number of amides is 1. The van der Waals surface area contributed by atoms with E-state index >= 15 is 0 Å². The Labute approximate surface area is 199 Å². The number of nitrogens with zero attached hydrogens (tertiary/aromatic N) is 2. The summed E-state index contributed by atoms with van der Waals surface area (Å²) in [6, 6.07) is 14.6. The average Bonchev–Trinajstić information content (AvgIpc) is 3.46. The van der Waals surface area contributed by atoms with Gasteiger partial charge in [-0.1, -0.05) is 30.3 Å². The van der Waals surface area contributed by atoms with E-state index in [4.69, 9.17) is 16.3 Å². The van der Waals surface area contributed by atoms with Crippen molar-refractivity contribution in [2.75, 3.05) is 17.3 Å². The van der Waals surface area contributed by atoms with Gasteiger partial charge >= 0.3 is 5.97 Å². The molecule has 2 aromatic carbocycles. The highest BCUT2D eigenvalue weighted by molar-refractivity contribution is 7.14. The van der Waals surface area contributed by atoms with Crippen LogP contribution in [0.4, 0.5) is 9.52 Å². The summed E-state index contributed by atoms with van der Waals surface area (Å²) in [5.41, 5.74) is 1.91. The summed E-state index contributed by atoms with van der Waals surface area (Å²) in [4.78, 5) is 44.1. The molecule has 2 heterocycles. The lowest BCUT2D eigenvalue weighted by molar-refractivity contribution is -0.151. The van der Waals surface area contributed by atoms with Crippen LogP contribution in [-0.4, -0.2) is 41.2 Å². The van der Waals surface area contributed by atoms with Gasteiger partial charge in [-0.05, 0) is 24.3 Å². The first-order valence-corrected chi connectivity index (χ1v) is 11.7. The number of carbonyl (C=O) groups is 3. The summed E-state index contributed by atoms with van der Waals surface area (Å²) in [6.07, 6.45) is -1.02. The fourth-order valence-electron chi connectivity index (χ4n) is 3.56. The summed E-state index contributed by atoms with van der Waals surface area (Å²) >= 11 is 7.13. The molecule has 0 unspecified atom stereocenters. The standard InChI is InChI=1S/C24H20ClFN2O4S/c25-11-10-20(22(30)16-6-8-18(26)9-7-16)32-23(31)17-12-21(29)28(13-17)24-27-19(14-33-24)15-4-2-1-3-5-15/h1-9,14,17,20H,10-13H2/t17-,20+/m0/s1. The van der Waals surface area contributed by atoms with Crippen LogP contribution < -0.4 is 4.90 Å². The van der Waals surface area contributed by atoms with Crippen molar-refractivity contribution < 1.29 is 23.5 Å². The normalized spacial score (nSPS) is 16.6. The molecule has 1 amide bonds. The Morgan fingerprint density at radius 2 is 1.91 bits per heavy atom. The van der Waals surface area contributed by atoms with Crippen LogP contribution in [0.5, 0.6) is 0 Å². The predicted molar refractivity (Wildman–Crippen MR) is 124 cm³/mol. The van der Waals surface area contributed by atoms with Gasteiger partial charge in [-0.15, -0.1) is 22.9 Å². The van der Waals surface area contributed by atoms with Gasteiger partial charge in [0.1, 0.15) is 5.82 Å². The van der Waals surface area contributed by atoms with Gasteiger partial charge in [-0.2, -0.15) is 0 Å². The number of alkyl halides is 1. The third kappa shape index (κ3) is 5.29. The largest absolute Gasteiger partial charge is 0.454 e. The topological polar surface area (TPSA) is 76.6 Å². The monoisotopic (exact) mass is 486 g/mol. The first kappa shape index (κ1) is 23.1. The molecule has 0 saturated carbocycles. The minimum Gasteiger partial charge on any atom is -0.454 e. The molecule has 4 rings (SSSR count). The van der Waals surface area contributed by atoms with Crippen LogP contribution in [0.2, 0.25) is 0 Å². The maximum Gasteiger partial charge on any atom is 0.312 e. The number of halogens is 2. The number of anilines is 1. The first-order valence-electron chi connectivity index (χ1n) is 10.3. The van der Waals surface area contributed by atoms with Gasteiger partial charge in [0.25, 0.3) is 0 Å². The lowest BCUT2D eigenvalue weighted by Crippen LogP contribution is -2.32. The minimum atomic E-state index is -1.10. The van der Waals surface area contributed by atoms with Gasteiger partial charge in [-0.3, -0.25) is 19.3 Å². The molecular weight excluding hydrogens is 467 g/mol. The predicted octanol–water partition coefficient (Wildman–Crippen LogP) is 4.73. The molecule has 0 N–H and O–H groups in total. The van der Waals surface area contributed by atoms with E-state index in [9.17, 15) is 18.8 Å². The Balaban J connectivity index is 1.43. The molecule has 0 bridgehead atoms. The molecule has 6 nitrogen and oxygen atoms in total. The summed E-state index contributed by atoms with van der Waals surface area (Å²) in [7, 11) is 0. The van der Waals surface area contributed by atoms with Gasteiger partial charge in [0.2, 0.25) is 11.7 Å². The van der Waals surface area contributed by atoms with E-state index in [-0.39, 0.29) is 36.7 Å². The first-order chi connectivity index (χ1) is 16.0. The summed E-state index contributed by atoms with van der Waals surface area (Å²) in [5, 5.41) is 2.37. The number of Topliss-reactive ketones (excluding diaryl/α,β-unsaturated/α-hetero) is 1. The molecule has 1 fully saturated rings. The van der Waals surface area contributed by atoms with Crippen molar-refractivity contribution in [2.24, 2.45) is 5.92 Å². The van der Waals surface area contributed by atoms with Crippen LogP contribution in [-0.2, 0) is 14.3 Å². The zero-order valence-electron chi connectivity index (χ0n) is 17.4. The quantitative estimate of drug-likeness (QED) is 0.261. The smallest absolute Gasteiger partial charge is 0.312 e. The number of hydrogen-bond acceptors (Lipinski definition) is 6. The summed E-state index contributed by atoms with van der Waals surface area (Å²) in [5.74, 6) is -2.43. The Hall–Kier alpha value is -3.10. The fourth-order valence-corrected chi connectivity index (χ4v) is 4.62. The highest BCUT2D eigenvalue weighted by Gasteiger charge is 2.39. The van der Waals surface area contributed by atoms with Crippen LogP contribution in [0.15, 0.2) is 60.0 Å². The van der Waals surface area contributed by atoms with E-state index in [1.54, 1.807) is 0 Å². The Morgan fingerprint density at radius 1 is 1.18 bits per heavy atom. The van der Waals surface area contributed by atoms with Crippen molar-refractivity contribution in [3.05, 3.63) is 71.4 Å². The highest BCUT2D eigenvalue weighted by atomic mass is 35.5. The third-order valence-corrected chi connectivity index (χ3v) is 6.38. The third-order valence-electron chi connectivity index (χ3n) is 5.30. The second kappa shape index (κ2) is 10.2. The molecule has 0 spiro atoms. The zero-order valence-corrected chi connectivity index (χ0v) is 19.0. The number of aromatic nitrogens is 1. The van der Waals surface area contributed by atoms with Crippen molar-refractivity contribution >= 4 is 45.7 Å². The molecule has 9 heteroatoms. The Morgan fingerprint density at radius 3 is 2.61 bits per heavy atom. The number of ether oxygens (including phenoxy) is 1. The van der Waals surface area contributed by atoms with Gasteiger partial charge in [0.05, 0.1) is 11.6 Å². The molecular formula is C24H20ClFN2O4S. The van der Waals surface area contributed by atoms with Crippen molar-refractivity contribution in [2.45, 2.75) is 18.9 Å². The molecule has 2 atom stereocenters. The zero-order chi connectivity index (χ0) is 23.4. The molecule has 1 saturated heterocycles. The van der Waals surface area contributed by atoms with E-state index in [2.05, 4.69) is 4.98 Å². The van der Waals surface area contributed by atoms with Crippen LogP contribution in [0.1, 0.15) is 23.2 Å². The SMILES string of the molecule is O=C(O[C@H](CCCl)C(=O)c1ccc(F)cc1)[C@H]1CC(=O)N(c2nc(-c3ccccc3)cs2)C1. The number of carbonyl (C=O) groups excluding carboxylic acids is 3. The fraction of sp³-hybridized carbons (Fsp3) is 0.250. The van der Waals surface area contributed by atoms with Crippen molar-refractivity contribution in [3.63, 3.8) is 0 Å². The maximum absolute atomic E-state index is 13.2. The van der Waals surface area contributed by atoms with Crippen molar-refractivity contribution in [3.8, 4) is 11.3 Å². The Bertz CT molecular complexity index is 1150. The molecule has 1 aromatic heterocycles. The molecule has 1 aliphatic heterocycles. The van der Waals surface area contributed by atoms with E-state index < -0.39 is 29.6 Å². The molecule has 0 aliphatic carbocycles. The highest BCUT2D eigenvalue weighted by Crippen LogP contribution is 2.32. The van der Waals surface area contributed by atoms with E-state index in [1.807, 2.05) is 35.7 Å². The van der Waals surface area contributed by atoms with Gasteiger partial charge in [0.15, 0.2) is 11.2 Å². The Kier molecular flexibility index (Phi) is 7.15. The van der Waals surface area contributed by atoms with Gasteiger partial charge in [-0.25, -0.2) is 9.37 Å². The molecule has 0 radical (unpaired) electrons. The lowest BCUT2D eigenvalue weighted by Gasteiger charge is -2.18. The lowest BCUT2D eigenvalue weighted by atomic mass is 10.0. The average molecular weight is 487 g/mol.